The highest BCUT2D eigenvalue weighted by molar-refractivity contribution is 6.31. The predicted molar refractivity (Wildman–Crippen MR) is 90.8 cm³/mol. The molecule has 0 aliphatic rings. The summed E-state index contributed by atoms with van der Waals surface area (Å²) >= 11 is 5.96. The number of hydrogen-bond donors (Lipinski definition) is 1. The van der Waals surface area contributed by atoms with Crippen LogP contribution in [-0.2, 0) is 11.3 Å². The molecule has 9 heteroatoms. The van der Waals surface area contributed by atoms with Crippen molar-refractivity contribution in [3.05, 3.63) is 58.9 Å². The lowest BCUT2D eigenvalue weighted by Gasteiger charge is -2.12. The average molecular weight is 363 g/mol. The van der Waals surface area contributed by atoms with Crippen LogP contribution in [-0.4, -0.2) is 30.5 Å². The van der Waals surface area contributed by atoms with Crippen molar-refractivity contribution < 1.29 is 9.18 Å². The van der Waals surface area contributed by atoms with Crippen molar-refractivity contribution in [3.8, 4) is 0 Å². The number of halogens is 2. The molecule has 2 heterocycles. The maximum absolute atomic E-state index is 12.9. The molecule has 1 atom stereocenters. The van der Waals surface area contributed by atoms with E-state index in [2.05, 4.69) is 20.5 Å². The lowest BCUT2D eigenvalue weighted by atomic mass is 10.2. The molecule has 7 nitrogen and oxygen atoms in total. The van der Waals surface area contributed by atoms with E-state index in [4.69, 9.17) is 11.6 Å². The summed E-state index contributed by atoms with van der Waals surface area (Å²) in [6, 6.07) is 5.54. The van der Waals surface area contributed by atoms with Gasteiger partial charge >= 0.3 is 0 Å². The van der Waals surface area contributed by atoms with Crippen molar-refractivity contribution >= 4 is 23.5 Å². The summed E-state index contributed by atoms with van der Waals surface area (Å²) in [5.74, 6) is -0.407. The molecule has 0 radical (unpaired) electrons. The van der Waals surface area contributed by atoms with Crippen molar-refractivity contribution in [2.45, 2.75) is 26.4 Å². The lowest BCUT2D eigenvalue weighted by Crippen LogP contribution is -2.25. The largest absolute Gasteiger partial charge is 0.291 e. The standard InChI is InChI=1S/C16H16ClFN6O/c1-10-14(17)7-20-24(10)11(2)15(25)21-16-19-9-23(22-16)8-12-3-5-13(18)6-4-12/h3-7,9,11H,8H2,1-2H3,(H,21,22,25). The van der Waals surface area contributed by atoms with Gasteiger partial charge in [0.25, 0.3) is 5.91 Å². The Balaban J connectivity index is 1.65. The fourth-order valence-corrected chi connectivity index (χ4v) is 2.45. The molecule has 0 bridgehead atoms. The number of amides is 1. The summed E-state index contributed by atoms with van der Waals surface area (Å²) < 4.78 is 16.0. The third kappa shape index (κ3) is 3.85. The Labute approximate surface area is 148 Å². The van der Waals surface area contributed by atoms with Gasteiger partial charge in [0.15, 0.2) is 0 Å². The number of benzene rings is 1. The number of anilines is 1. The van der Waals surface area contributed by atoms with Crippen molar-refractivity contribution in [1.82, 2.24) is 24.5 Å². The summed E-state index contributed by atoms with van der Waals surface area (Å²) in [5, 5.41) is 11.4. The van der Waals surface area contributed by atoms with Gasteiger partial charge in [0.2, 0.25) is 5.95 Å². The molecule has 1 N–H and O–H groups in total. The molecule has 25 heavy (non-hydrogen) atoms. The molecule has 0 fully saturated rings. The fraction of sp³-hybridized carbons (Fsp3) is 0.250. The minimum Gasteiger partial charge on any atom is -0.291 e. The Morgan fingerprint density at radius 1 is 1.36 bits per heavy atom. The van der Waals surface area contributed by atoms with Crippen molar-refractivity contribution in [2.24, 2.45) is 0 Å². The van der Waals surface area contributed by atoms with Crippen LogP contribution in [0, 0.1) is 12.7 Å². The Bertz CT molecular complexity index is 888. The van der Waals surface area contributed by atoms with E-state index in [0.717, 1.165) is 5.56 Å². The Kier molecular flexibility index (Phi) is 4.80. The Hall–Kier alpha value is -2.74. The van der Waals surface area contributed by atoms with Gasteiger partial charge in [-0.15, -0.1) is 5.10 Å². The maximum Gasteiger partial charge on any atom is 0.251 e. The van der Waals surface area contributed by atoms with Crippen LogP contribution >= 0.6 is 11.6 Å². The summed E-state index contributed by atoms with van der Waals surface area (Å²) in [7, 11) is 0. The summed E-state index contributed by atoms with van der Waals surface area (Å²) in [6.45, 7) is 3.92. The number of nitrogens with one attached hydrogen (secondary N) is 1. The molecule has 0 aliphatic carbocycles. The zero-order valence-corrected chi connectivity index (χ0v) is 14.4. The van der Waals surface area contributed by atoms with Crippen LogP contribution in [0.3, 0.4) is 0 Å². The normalized spacial score (nSPS) is 12.2. The van der Waals surface area contributed by atoms with Gasteiger partial charge in [-0.25, -0.2) is 14.1 Å². The number of carbonyl (C=O) groups excluding carboxylic acids is 1. The smallest absolute Gasteiger partial charge is 0.251 e. The average Bonchev–Trinajstić information content (AvgIpc) is 3.16. The molecule has 3 aromatic rings. The van der Waals surface area contributed by atoms with E-state index >= 15 is 0 Å². The number of rotatable bonds is 5. The lowest BCUT2D eigenvalue weighted by molar-refractivity contribution is -0.119. The second-order valence-electron chi connectivity index (χ2n) is 5.58. The second-order valence-corrected chi connectivity index (χ2v) is 5.99. The van der Waals surface area contributed by atoms with E-state index in [0.29, 0.717) is 17.3 Å². The number of nitrogens with zero attached hydrogens (tertiary/aromatic N) is 5. The molecular weight excluding hydrogens is 347 g/mol. The molecule has 0 saturated heterocycles. The maximum atomic E-state index is 12.9. The van der Waals surface area contributed by atoms with E-state index in [1.165, 1.54) is 29.3 Å². The van der Waals surface area contributed by atoms with Gasteiger partial charge in [-0.1, -0.05) is 23.7 Å². The molecule has 2 aromatic heterocycles. The van der Waals surface area contributed by atoms with Gasteiger partial charge in [-0.3, -0.25) is 14.8 Å². The first-order chi connectivity index (χ1) is 11.9. The van der Waals surface area contributed by atoms with Crippen LogP contribution in [0.5, 0.6) is 0 Å². The van der Waals surface area contributed by atoms with E-state index in [1.54, 1.807) is 30.7 Å². The van der Waals surface area contributed by atoms with Crippen molar-refractivity contribution in [3.63, 3.8) is 0 Å². The van der Waals surface area contributed by atoms with E-state index in [9.17, 15) is 9.18 Å². The first-order valence-electron chi connectivity index (χ1n) is 7.58. The molecule has 1 aromatic carbocycles. The summed E-state index contributed by atoms with van der Waals surface area (Å²) in [6.07, 6.45) is 3.00. The Morgan fingerprint density at radius 2 is 2.08 bits per heavy atom. The quantitative estimate of drug-likeness (QED) is 0.757. The summed E-state index contributed by atoms with van der Waals surface area (Å²) in [5.41, 5.74) is 1.58. The number of carbonyl (C=O) groups is 1. The minimum absolute atomic E-state index is 0.190. The van der Waals surface area contributed by atoms with E-state index in [-0.39, 0.29) is 17.7 Å². The van der Waals surface area contributed by atoms with Gasteiger partial charge < -0.3 is 0 Å². The minimum atomic E-state index is -0.559. The molecule has 3 rings (SSSR count). The zero-order valence-electron chi connectivity index (χ0n) is 13.6. The van der Waals surface area contributed by atoms with Crippen LogP contribution in [0.15, 0.2) is 36.8 Å². The Morgan fingerprint density at radius 3 is 2.72 bits per heavy atom. The van der Waals surface area contributed by atoms with E-state index in [1.807, 2.05) is 0 Å². The monoisotopic (exact) mass is 362 g/mol. The highest BCUT2D eigenvalue weighted by atomic mass is 35.5. The van der Waals surface area contributed by atoms with Gasteiger partial charge in [0.05, 0.1) is 23.5 Å². The molecule has 0 spiro atoms. The fourth-order valence-electron chi connectivity index (χ4n) is 2.32. The number of hydrogen-bond acceptors (Lipinski definition) is 4. The van der Waals surface area contributed by atoms with Crippen LogP contribution < -0.4 is 5.32 Å². The molecule has 1 amide bonds. The third-order valence-corrected chi connectivity index (χ3v) is 4.13. The van der Waals surface area contributed by atoms with Crippen LogP contribution in [0.2, 0.25) is 5.02 Å². The first kappa shape index (κ1) is 17.1. The molecule has 130 valence electrons. The SMILES string of the molecule is Cc1c(Cl)cnn1C(C)C(=O)Nc1ncn(Cc2ccc(F)cc2)n1. The molecule has 0 aliphatic heterocycles. The predicted octanol–water partition coefficient (Wildman–Crippen LogP) is 2.82. The van der Waals surface area contributed by atoms with Gasteiger partial charge in [-0.05, 0) is 31.5 Å². The van der Waals surface area contributed by atoms with Crippen molar-refractivity contribution in [1.29, 1.82) is 0 Å². The highest BCUT2D eigenvalue weighted by Gasteiger charge is 2.20. The highest BCUT2D eigenvalue weighted by Crippen LogP contribution is 2.18. The third-order valence-electron chi connectivity index (χ3n) is 3.76. The van der Waals surface area contributed by atoms with Gasteiger partial charge in [-0.2, -0.15) is 5.10 Å². The van der Waals surface area contributed by atoms with Crippen molar-refractivity contribution in [2.75, 3.05) is 5.32 Å². The van der Waals surface area contributed by atoms with E-state index < -0.39 is 6.04 Å². The molecule has 0 saturated carbocycles. The van der Waals surface area contributed by atoms with Crippen LogP contribution in [0.4, 0.5) is 10.3 Å². The topological polar surface area (TPSA) is 77.6 Å². The first-order valence-corrected chi connectivity index (χ1v) is 7.96. The van der Waals surface area contributed by atoms with Crippen LogP contribution in [0.25, 0.3) is 0 Å². The van der Waals surface area contributed by atoms with Gasteiger partial charge in [0, 0.05) is 0 Å². The number of aromatic nitrogens is 5. The zero-order chi connectivity index (χ0) is 18.0. The summed E-state index contributed by atoms with van der Waals surface area (Å²) in [4.78, 5) is 16.4. The molecule has 1 unspecified atom stereocenters. The van der Waals surface area contributed by atoms with Crippen LogP contribution in [0.1, 0.15) is 24.2 Å². The molecular formula is C16H16ClFN6O. The second kappa shape index (κ2) is 7.02. The van der Waals surface area contributed by atoms with Gasteiger partial charge in [0.1, 0.15) is 18.2 Å².